The third-order valence-corrected chi connectivity index (χ3v) is 2.73. The Kier molecular flexibility index (Phi) is 4.98. The fourth-order valence-corrected chi connectivity index (χ4v) is 2.07. The van der Waals surface area contributed by atoms with Gasteiger partial charge in [-0.2, -0.15) is 0 Å². The van der Waals surface area contributed by atoms with E-state index in [1.165, 1.54) is 0 Å². The molecule has 2 nitrogen and oxygen atoms in total. The molecule has 1 rings (SSSR count). The number of rotatable bonds is 4. The van der Waals surface area contributed by atoms with Crippen molar-refractivity contribution in [2.75, 3.05) is 19.0 Å². The van der Waals surface area contributed by atoms with Crippen molar-refractivity contribution in [3.05, 3.63) is 26.8 Å². The molecule has 0 spiro atoms. The number of anilines is 1. The lowest BCUT2D eigenvalue weighted by Gasteiger charge is -2.15. The molecule has 0 aliphatic heterocycles. The van der Waals surface area contributed by atoms with Gasteiger partial charge < -0.3 is 10.1 Å². The van der Waals surface area contributed by atoms with E-state index in [1.807, 2.05) is 18.2 Å². The second-order valence-corrected chi connectivity index (χ2v) is 4.78. The van der Waals surface area contributed by atoms with Gasteiger partial charge in [-0.1, -0.05) is 11.6 Å². The second-order valence-electron chi connectivity index (χ2n) is 3.12. The summed E-state index contributed by atoms with van der Waals surface area (Å²) in [5, 5.41) is 4.03. The van der Waals surface area contributed by atoms with Crippen molar-refractivity contribution in [1.29, 1.82) is 0 Å². The van der Waals surface area contributed by atoms with E-state index in [9.17, 15) is 0 Å². The van der Waals surface area contributed by atoms with Crippen molar-refractivity contribution >= 4 is 39.9 Å². The Morgan fingerprint density at radius 3 is 2.86 bits per heavy atom. The highest BCUT2D eigenvalue weighted by Gasteiger charge is 2.04. The molecular weight excluding hydrogens is 312 g/mol. The molecule has 0 saturated carbocycles. The number of hydrogen-bond donors (Lipinski definition) is 1. The molecule has 0 aliphatic rings. The molecule has 1 N–H and O–H groups in total. The second kappa shape index (κ2) is 5.78. The Morgan fingerprint density at radius 2 is 2.29 bits per heavy atom. The maximum Gasteiger partial charge on any atom is 0.0661 e. The summed E-state index contributed by atoms with van der Waals surface area (Å²) in [5.74, 6) is 0. The van der Waals surface area contributed by atoms with Crippen LogP contribution in [0.5, 0.6) is 0 Å². The van der Waals surface area contributed by atoms with Gasteiger partial charge in [0.05, 0.1) is 17.3 Å². The molecule has 0 bridgehead atoms. The van der Waals surface area contributed by atoms with Gasteiger partial charge in [0.1, 0.15) is 0 Å². The molecule has 0 heterocycles. The average Bonchev–Trinajstić information content (AvgIpc) is 2.10. The Morgan fingerprint density at radius 1 is 1.57 bits per heavy atom. The normalized spacial score (nSPS) is 12.6. The van der Waals surface area contributed by atoms with Gasteiger partial charge in [-0.3, -0.25) is 0 Å². The zero-order valence-electron chi connectivity index (χ0n) is 8.18. The van der Waals surface area contributed by atoms with Crippen molar-refractivity contribution in [3.8, 4) is 0 Å². The molecule has 0 aromatic heterocycles. The fourth-order valence-electron chi connectivity index (χ4n) is 1.16. The summed E-state index contributed by atoms with van der Waals surface area (Å²) in [6, 6.07) is 6.20. The third-order valence-electron chi connectivity index (χ3n) is 1.75. The van der Waals surface area contributed by atoms with Gasteiger partial charge in [-0.05, 0) is 47.7 Å². The molecule has 14 heavy (non-hydrogen) atoms. The standard InChI is InChI=1S/C10H13ClINO/c1-7(6-14-2)13-10-4-3-8(12)5-9(10)11/h3-5,7,13H,6H2,1-2H3. The highest BCUT2D eigenvalue weighted by molar-refractivity contribution is 14.1. The molecular formula is C10H13ClINO. The van der Waals surface area contributed by atoms with Crippen LogP contribution in [0.3, 0.4) is 0 Å². The molecule has 1 atom stereocenters. The van der Waals surface area contributed by atoms with Gasteiger partial charge >= 0.3 is 0 Å². The number of nitrogens with one attached hydrogen (secondary N) is 1. The molecule has 0 fully saturated rings. The zero-order chi connectivity index (χ0) is 10.6. The van der Waals surface area contributed by atoms with E-state index >= 15 is 0 Å². The molecule has 0 radical (unpaired) electrons. The summed E-state index contributed by atoms with van der Waals surface area (Å²) >= 11 is 8.30. The van der Waals surface area contributed by atoms with Crippen LogP contribution in [0.15, 0.2) is 18.2 Å². The molecule has 1 aromatic rings. The molecule has 1 unspecified atom stereocenters. The van der Waals surface area contributed by atoms with Gasteiger partial charge in [0.2, 0.25) is 0 Å². The van der Waals surface area contributed by atoms with Crippen LogP contribution in [-0.4, -0.2) is 19.8 Å². The summed E-state index contributed by atoms with van der Waals surface area (Å²) < 4.78 is 6.17. The van der Waals surface area contributed by atoms with E-state index in [2.05, 4.69) is 34.8 Å². The van der Waals surface area contributed by atoms with Crippen LogP contribution in [0, 0.1) is 3.57 Å². The molecule has 78 valence electrons. The van der Waals surface area contributed by atoms with Crippen molar-refractivity contribution < 1.29 is 4.74 Å². The summed E-state index contributed by atoms with van der Waals surface area (Å²) in [6.07, 6.45) is 0. The number of halogens is 2. The van der Waals surface area contributed by atoms with Crippen LogP contribution < -0.4 is 5.32 Å². The first-order chi connectivity index (χ1) is 6.63. The highest BCUT2D eigenvalue weighted by atomic mass is 127. The minimum atomic E-state index is 0.262. The fraction of sp³-hybridized carbons (Fsp3) is 0.400. The van der Waals surface area contributed by atoms with Gasteiger partial charge in [0, 0.05) is 16.7 Å². The largest absolute Gasteiger partial charge is 0.383 e. The van der Waals surface area contributed by atoms with Gasteiger partial charge in [0.15, 0.2) is 0 Å². The van der Waals surface area contributed by atoms with Crippen LogP contribution in [-0.2, 0) is 4.74 Å². The highest BCUT2D eigenvalue weighted by Crippen LogP contribution is 2.24. The van der Waals surface area contributed by atoms with Crippen molar-refractivity contribution in [1.82, 2.24) is 0 Å². The van der Waals surface area contributed by atoms with E-state index < -0.39 is 0 Å². The number of methoxy groups -OCH3 is 1. The Labute approximate surface area is 103 Å². The number of ether oxygens (including phenoxy) is 1. The monoisotopic (exact) mass is 325 g/mol. The van der Waals surface area contributed by atoms with Gasteiger partial charge in [-0.15, -0.1) is 0 Å². The Hall–Kier alpha value is -0.0000000000000000555. The first-order valence-corrected chi connectivity index (χ1v) is 5.79. The van der Waals surface area contributed by atoms with Crippen LogP contribution in [0.4, 0.5) is 5.69 Å². The lowest BCUT2D eigenvalue weighted by molar-refractivity contribution is 0.190. The summed E-state index contributed by atoms with van der Waals surface area (Å²) in [4.78, 5) is 0. The minimum absolute atomic E-state index is 0.262. The smallest absolute Gasteiger partial charge is 0.0661 e. The van der Waals surface area contributed by atoms with Crippen molar-refractivity contribution in [3.63, 3.8) is 0 Å². The molecule has 0 amide bonds. The SMILES string of the molecule is COCC(C)Nc1ccc(I)cc1Cl. The quantitative estimate of drug-likeness (QED) is 0.857. The lowest BCUT2D eigenvalue weighted by atomic mass is 10.3. The van der Waals surface area contributed by atoms with E-state index in [4.69, 9.17) is 16.3 Å². The van der Waals surface area contributed by atoms with Crippen LogP contribution in [0.1, 0.15) is 6.92 Å². The molecule has 1 aromatic carbocycles. The van der Waals surface area contributed by atoms with Crippen LogP contribution in [0.2, 0.25) is 5.02 Å². The van der Waals surface area contributed by atoms with Crippen LogP contribution >= 0.6 is 34.2 Å². The third kappa shape index (κ3) is 3.63. The molecule has 0 saturated heterocycles. The zero-order valence-corrected chi connectivity index (χ0v) is 11.1. The summed E-state index contributed by atoms with van der Waals surface area (Å²) in [6.45, 7) is 2.72. The Balaban J connectivity index is 2.67. The molecule has 0 aliphatic carbocycles. The predicted octanol–water partition coefficient (Wildman–Crippen LogP) is 3.39. The summed E-state index contributed by atoms with van der Waals surface area (Å²) in [7, 11) is 1.69. The maximum atomic E-state index is 6.07. The predicted molar refractivity (Wildman–Crippen MR) is 69.1 cm³/mol. The lowest BCUT2D eigenvalue weighted by Crippen LogP contribution is -2.20. The van der Waals surface area contributed by atoms with E-state index in [-0.39, 0.29) is 6.04 Å². The van der Waals surface area contributed by atoms with Gasteiger partial charge in [-0.25, -0.2) is 0 Å². The van der Waals surface area contributed by atoms with E-state index in [0.29, 0.717) is 6.61 Å². The first kappa shape index (κ1) is 12.1. The first-order valence-electron chi connectivity index (χ1n) is 4.34. The van der Waals surface area contributed by atoms with E-state index in [0.717, 1.165) is 14.3 Å². The number of benzene rings is 1. The average molecular weight is 326 g/mol. The van der Waals surface area contributed by atoms with Crippen molar-refractivity contribution in [2.24, 2.45) is 0 Å². The van der Waals surface area contributed by atoms with Crippen molar-refractivity contribution in [2.45, 2.75) is 13.0 Å². The number of hydrogen-bond acceptors (Lipinski definition) is 2. The maximum absolute atomic E-state index is 6.07. The minimum Gasteiger partial charge on any atom is -0.383 e. The van der Waals surface area contributed by atoms with Gasteiger partial charge in [0.25, 0.3) is 0 Å². The topological polar surface area (TPSA) is 21.3 Å². The van der Waals surface area contributed by atoms with E-state index in [1.54, 1.807) is 7.11 Å². The molecule has 4 heteroatoms. The summed E-state index contributed by atoms with van der Waals surface area (Å²) in [5.41, 5.74) is 0.955. The Bertz CT molecular complexity index is 306. The van der Waals surface area contributed by atoms with Crippen LogP contribution in [0.25, 0.3) is 0 Å².